The molecular formula is C12H24N6O. The predicted octanol–water partition coefficient (Wildman–Crippen LogP) is 1.43. The zero-order valence-electron chi connectivity index (χ0n) is 12.3. The Morgan fingerprint density at radius 2 is 1.89 bits per heavy atom. The third kappa shape index (κ3) is 5.25. The van der Waals surface area contributed by atoms with Crippen molar-refractivity contribution < 1.29 is 4.74 Å². The molecule has 0 bridgehead atoms. The van der Waals surface area contributed by atoms with Gasteiger partial charge in [0.2, 0.25) is 11.9 Å². The first-order valence-corrected chi connectivity index (χ1v) is 6.52. The van der Waals surface area contributed by atoms with Crippen molar-refractivity contribution in [1.82, 2.24) is 15.0 Å². The van der Waals surface area contributed by atoms with Gasteiger partial charge in [0.15, 0.2) is 0 Å². The van der Waals surface area contributed by atoms with Crippen LogP contribution in [0.5, 0.6) is 6.01 Å². The number of rotatable bonds is 7. The van der Waals surface area contributed by atoms with Crippen LogP contribution in [0.1, 0.15) is 34.1 Å². The molecule has 0 aliphatic carbocycles. The van der Waals surface area contributed by atoms with E-state index in [2.05, 4.69) is 34.2 Å². The van der Waals surface area contributed by atoms with Crippen LogP contribution in [-0.4, -0.2) is 34.6 Å². The van der Waals surface area contributed by atoms with E-state index < -0.39 is 0 Å². The maximum absolute atomic E-state index is 5.49. The van der Waals surface area contributed by atoms with Crippen molar-refractivity contribution in [3.05, 3.63) is 0 Å². The summed E-state index contributed by atoms with van der Waals surface area (Å²) in [5.74, 6) is 6.85. The molecular weight excluding hydrogens is 244 g/mol. The summed E-state index contributed by atoms with van der Waals surface area (Å²) in [4.78, 5) is 14.5. The minimum absolute atomic E-state index is 0.00171. The van der Waals surface area contributed by atoms with Crippen LogP contribution in [0.25, 0.3) is 0 Å². The highest BCUT2D eigenvalue weighted by Gasteiger charge is 2.12. The van der Waals surface area contributed by atoms with Crippen molar-refractivity contribution in [3.63, 3.8) is 0 Å². The van der Waals surface area contributed by atoms with Gasteiger partial charge in [-0.2, -0.15) is 15.0 Å². The summed E-state index contributed by atoms with van der Waals surface area (Å²) < 4.78 is 5.49. The van der Waals surface area contributed by atoms with Crippen molar-refractivity contribution in [1.29, 1.82) is 0 Å². The summed E-state index contributed by atoms with van der Waals surface area (Å²) >= 11 is 0. The van der Waals surface area contributed by atoms with E-state index in [-0.39, 0.29) is 12.1 Å². The van der Waals surface area contributed by atoms with Gasteiger partial charge >= 0.3 is 6.01 Å². The standard InChI is InChI=1S/C12H24N6O/c1-8(2)6-7-18(5)11-14-10(17-13)15-12(16-11)19-9(3)4/h8-9H,6-7,13H2,1-5H3,(H,14,15,16,17). The highest BCUT2D eigenvalue weighted by molar-refractivity contribution is 5.36. The van der Waals surface area contributed by atoms with E-state index in [1.165, 1.54) is 0 Å². The van der Waals surface area contributed by atoms with Gasteiger partial charge in [-0.15, -0.1) is 0 Å². The number of aromatic nitrogens is 3. The van der Waals surface area contributed by atoms with Crippen LogP contribution in [0.4, 0.5) is 11.9 Å². The second-order valence-electron chi connectivity index (χ2n) is 5.16. The topological polar surface area (TPSA) is 89.2 Å². The molecule has 1 aromatic rings. The maximum Gasteiger partial charge on any atom is 0.323 e. The van der Waals surface area contributed by atoms with Crippen LogP contribution < -0.4 is 20.9 Å². The van der Waals surface area contributed by atoms with Crippen LogP contribution in [0.15, 0.2) is 0 Å². The maximum atomic E-state index is 5.49. The predicted molar refractivity (Wildman–Crippen MR) is 76.1 cm³/mol. The quantitative estimate of drug-likeness (QED) is 0.571. The lowest BCUT2D eigenvalue weighted by Crippen LogP contribution is -2.24. The molecule has 0 aromatic carbocycles. The summed E-state index contributed by atoms with van der Waals surface area (Å²) in [7, 11) is 1.94. The van der Waals surface area contributed by atoms with E-state index in [1.807, 2.05) is 25.8 Å². The van der Waals surface area contributed by atoms with Gasteiger partial charge in [-0.3, -0.25) is 5.43 Å². The molecule has 108 valence electrons. The van der Waals surface area contributed by atoms with E-state index in [4.69, 9.17) is 10.6 Å². The lowest BCUT2D eigenvalue weighted by Gasteiger charge is -2.19. The van der Waals surface area contributed by atoms with E-state index in [0.29, 0.717) is 17.8 Å². The van der Waals surface area contributed by atoms with Crippen molar-refractivity contribution in [2.24, 2.45) is 11.8 Å². The number of nitrogens with one attached hydrogen (secondary N) is 1. The molecule has 1 rings (SSSR count). The zero-order chi connectivity index (χ0) is 14.4. The zero-order valence-corrected chi connectivity index (χ0v) is 12.3. The lowest BCUT2D eigenvalue weighted by molar-refractivity contribution is 0.222. The summed E-state index contributed by atoms with van der Waals surface area (Å²) in [6, 6.07) is 0.282. The Hall–Kier alpha value is -1.63. The number of hydrogen-bond acceptors (Lipinski definition) is 7. The SMILES string of the molecule is CC(C)CCN(C)c1nc(NN)nc(OC(C)C)n1. The highest BCUT2D eigenvalue weighted by atomic mass is 16.5. The van der Waals surface area contributed by atoms with Gasteiger partial charge in [-0.25, -0.2) is 5.84 Å². The molecule has 0 spiro atoms. The Bertz CT molecular complexity index is 396. The number of nitrogen functional groups attached to an aromatic ring is 1. The third-order valence-corrected chi connectivity index (χ3v) is 2.46. The van der Waals surface area contributed by atoms with Crippen molar-refractivity contribution in [3.8, 4) is 6.01 Å². The summed E-state index contributed by atoms with van der Waals surface area (Å²) in [5, 5.41) is 0. The highest BCUT2D eigenvalue weighted by Crippen LogP contribution is 2.15. The van der Waals surface area contributed by atoms with Crippen LogP contribution in [-0.2, 0) is 0 Å². The van der Waals surface area contributed by atoms with Gasteiger partial charge in [0.1, 0.15) is 0 Å². The molecule has 0 fully saturated rings. The molecule has 0 atom stereocenters. The summed E-state index contributed by atoms with van der Waals surface area (Å²) in [6.07, 6.45) is 1.07. The van der Waals surface area contributed by atoms with Crippen LogP contribution in [0.2, 0.25) is 0 Å². The lowest BCUT2D eigenvalue weighted by atomic mass is 10.1. The molecule has 0 radical (unpaired) electrons. The molecule has 7 heteroatoms. The summed E-state index contributed by atoms with van der Waals surface area (Å²) in [6.45, 7) is 9.07. The second kappa shape index (κ2) is 7.08. The molecule has 1 aromatic heterocycles. The Morgan fingerprint density at radius 3 is 2.42 bits per heavy atom. The fourth-order valence-corrected chi connectivity index (χ4v) is 1.40. The molecule has 0 unspecified atom stereocenters. The first kappa shape index (κ1) is 15.4. The first-order valence-electron chi connectivity index (χ1n) is 6.52. The van der Waals surface area contributed by atoms with Crippen molar-refractivity contribution >= 4 is 11.9 Å². The third-order valence-electron chi connectivity index (χ3n) is 2.46. The van der Waals surface area contributed by atoms with Crippen molar-refractivity contribution in [2.45, 2.75) is 40.2 Å². The molecule has 0 aliphatic rings. The minimum atomic E-state index is 0.00171. The van der Waals surface area contributed by atoms with Crippen LogP contribution in [0.3, 0.4) is 0 Å². The van der Waals surface area contributed by atoms with Crippen LogP contribution >= 0.6 is 0 Å². The molecule has 1 heterocycles. The van der Waals surface area contributed by atoms with E-state index >= 15 is 0 Å². The molecule has 0 saturated carbocycles. The van der Waals surface area contributed by atoms with E-state index in [0.717, 1.165) is 13.0 Å². The average Bonchev–Trinajstić information content (AvgIpc) is 2.34. The fraction of sp³-hybridized carbons (Fsp3) is 0.750. The molecule has 0 saturated heterocycles. The average molecular weight is 268 g/mol. The number of ether oxygens (including phenoxy) is 1. The number of nitrogens with two attached hydrogens (primary N) is 1. The van der Waals surface area contributed by atoms with Gasteiger partial charge < -0.3 is 9.64 Å². The van der Waals surface area contributed by atoms with Crippen LogP contribution in [0, 0.1) is 5.92 Å². The molecule has 7 nitrogen and oxygen atoms in total. The largest absolute Gasteiger partial charge is 0.461 e. The van der Waals surface area contributed by atoms with E-state index in [1.54, 1.807) is 0 Å². The Balaban J connectivity index is 2.86. The molecule has 3 N–H and O–H groups in total. The first-order chi connectivity index (χ1) is 8.92. The van der Waals surface area contributed by atoms with Gasteiger partial charge in [-0.1, -0.05) is 13.8 Å². The number of anilines is 2. The van der Waals surface area contributed by atoms with E-state index in [9.17, 15) is 0 Å². The molecule has 19 heavy (non-hydrogen) atoms. The van der Waals surface area contributed by atoms with Gasteiger partial charge in [-0.05, 0) is 26.2 Å². The molecule has 0 aliphatic heterocycles. The number of hydrazine groups is 1. The fourth-order valence-electron chi connectivity index (χ4n) is 1.40. The second-order valence-corrected chi connectivity index (χ2v) is 5.16. The monoisotopic (exact) mass is 268 g/mol. The molecule has 0 amide bonds. The minimum Gasteiger partial charge on any atom is -0.461 e. The number of hydrogen-bond donors (Lipinski definition) is 2. The smallest absolute Gasteiger partial charge is 0.323 e. The number of nitrogens with zero attached hydrogens (tertiary/aromatic N) is 4. The normalized spacial score (nSPS) is 10.9. The van der Waals surface area contributed by atoms with Gasteiger partial charge in [0, 0.05) is 13.6 Å². The Kier molecular flexibility index (Phi) is 5.75. The van der Waals surface area contributed by atoms with Gasteiger partial charge in [0.05, 0.1) is 6.10 Å². The summed E-state index contributed by atoms with van der Waals surface area (Å²) in [5.41, 5.74) is 2.43. The van der Waals surface area contributed by atoms with Gasteiger partial charge in [0.25, 0.3) is 0 Å². The van der Waals surface area contributed by atoms with Crippen molar-refractivity contribution in [2.75, 3.05) is 23.9 Å². The Morgan fingerprint density at radius 1 is 1.21 bits per heavy atom. The Labute approximate surface area is 114 Å².